The highest BCUT2D eigenvalue weighted by Crippen LogP contribution is 2.52. The molecular weight excluding hydrogens is 222 g/mol. The Morgan fingerprint density at radius 3 is 2.33 bits per heavy atom. The Hall–Kier alpha value is -0.860. The van der Waals surface area contributed by atoms with E-state index in [9.17, 15) is 5.11 Å². The third-order valence-corrected chi connectivity index (χ3v) is 5.28. The van der Waals surface area contributed by atoms with E-state index in [0.29, 0.717) is 12.5 Å². The average molecular weight is 245 g/mol. The number of nitrogens with two attached hydrogens (primary N) is 1. The van der Waals surface area contributed by atoms with Crippen molar-refractivity contribution in [1.82, 2.24) is 0 Å². The summed E-state index contributed by atoms with van der Waals surface area (Å²) in [5, 5.41) is 10.6. The van der Waals surface area contributed by atoms with Gasteiger partial charge in [-0.25, -0.2) is 0 Å². The van der Waals surface area contributed by atoms with E-state index in [2.05, 4.69) is 24.3 Å². The highest BCUT2D eigenvalue weighted by Gasteiger charge is 2.51. The first kappa shape index (κ1) is 12.2. The Kier molecular flexibility index (Phi) is 2.76. The summed E-state index contributed by atoms with van der Waals surface area (Å²) in [6.07, 6.45) is 5.27. The molecule has 0 heterocycles. The van der Waals surface area contributed by atoms with Crippen LogP contribution in [0.4, 0.5) is 0 Å². The van der Waals surface area contributed by atoms with Crippen molar-refractivity contribution in [3.05, 3.63) is 35.4 Å². The minimum atomic E-state index is -0.526. The maximum atomic E-state index is 10.6. The van der Waals surface area contributed by atoms with Gasteiger partial charge < -0.3 is 10.8 Å². The Labute approximate surface area is 109 Å². The molecule has 1 saturated carbocycles. The fourth-order valence-corrected chi connectivity index (χ4v) is 4.37. The molecule has 3 N–H and O–H groups in total. The van der Waals surface area contributed by atoms with Gasteiger partial charge in [-0.1, -0.05) is 30.7 Å². The van der Waals surface area contributed by atoms with Gasteiger partial charge in [-0.3, -0.25) is 0 Å². The molecule has 1 fully saturated rings. The molecule has 2 aliphatic carbocycles. The van der Waals surface area contributed by atoms with E-state index in [1.807, 2.05) is 6.92 Å². The summed E-state index contributed by atoms with van der Waals surface area (Å²) in [6, 6.07) is 8.66. The van der Waals surface area contributed by atoms with E-state index < -0.39 is 5.60 Å². The summed E-state index contributed by atoms with van der Waals surface area (Å²) in [4.78, 5) is 0. The van der Waals surface area contributed by atoms with Crippen LogP contribution in [0, 0.1) is 11.3 Å². The quantitative estimate of drug-likeness (QED) is 0.839. The van der Waals surface area contributed by atoms with Crippen molar-refractivity contribution in [1.29, 1.82) is 0 Å². The first-order chi connectivity index (χ1) is 8.57. The fraction of sp³-hybridized carbons (Fsp3) is 0.625. The predicted octanol–water partition coefficient (Wildman–Crippen LogP) is 2.28. The number of aliphatic hydroxyl groups is 1. The molecule has 2 aliphatic rings. The Morgan fingerprint density at radius 2 is 1.89 bits per heavy atom. The third kappa shape index (κ3) is 1.70. The van der Waals surface area contributed by atoms with Crippen molar-refractivity contribution >= 4 is 0 Å². The topological polar surface area (TPSA) is 46.2 Å². The molecule has 1 aromatic rings. The lowest BCUT2D eigenvalue weighted by Crippen LogP contribution is -2.47. The highest BCUT2D eigenvalue weighted by molar-refractivity contribution is 5.35. The normalized spacial score (nSPS) is 33.6. The van der Waals surface area contributed by atoms with Crippen LogP contribution in [0.1, 0.15) is 37.3 Å². The molecule has 98 valence electrons. The van der Waals surface area contributed by atoms with Gasteiger partial charge in [-0.05, 0) is 61.6 Å². The highest BCUT2D eigenvalue weighted by atomic mass is 16.3. The smallest absolute Gasteiger partial charge is 0.0653 e. The zero-order valence-electron chi connectivity index (χ0n) is 11.2. The first-order valence-electron chi connectivity index (χ1n) is 7.07. The molecule has 0 amide bonds. The zero-order chi connectivity index (χ0) is 12.8. The largest absolute Gasteiger partial charge is 0.390 e. The van der Waals surface area contributed by atoms with Crippen molar-refractivity contribution in [2.45, 2.75) is 44.6 Å². The Morgan fingerprint density at radius 1 is 1.28 bits per heavy atom. The lowest BCUT2D eigenvalue weighted by atomic mass is 9.67. The van der Waals surface area contributed by atoms with Crippen molar-refractivity contribution in [3.8, 4) is 0 Å². The SMILES string of the molecule is CC1(O)CCCC1C1(CN)Cc2ccccc2C1. The molecule has 0 radical (unpaired) electrons. The van der Waals surface area contributed by atoms with E-state index in [1.165, 1.54) is 11.1 Å². The molecule has 1 aromatic carbocycles. The summed E-state index contributed by atoms with van der Waals surface area (Å²) >= 11 is 0. The van der Waals surface area contributed by atoms with Gasteiger partial charge in [-0.15, -0.1) is 0 Å². The fourth-order valence-electron chi connectivity index (χ4n) is 4.37. The molecule has 18 heavy (non-hydrogen) atoms. The molecular formula is C16H23NO. The minimum Gasteiger partial charge on any atom is -0.390 e. The van der Waals surface area contributed by atoms with E-state index in [0.717, 1.165) is 32.1 Å². The molecule has 2 nitrogen and oxygen atoms in total. The zero-order valence-corrected chi connectivity index (χ0v) is 11.2. The van der Waals surface area contributed by atoms with Crippen LogP contribution in [-0.2, 0) is 12.8 Å². The van der Waals surface area contributed by atoms with E-state index in [-0.39, 0.29) is 5.41 Å². The molecule has 0 spiro atoms. The Balaban J connectivity index is 1.95. The summed E-state index contributed by atoms with van der Waals surface area (Å²) < 4.78 is 0. The van der Waals surface area contributed by atoms with E-state index in [1.54, 1.807) is 0 Å². The summed E-state index contributed by atoms with van der Waals surface area (Å²) in [6.45, 7) is 2.69. The minimum absolute atomic E-state index is 0.0870. The molecule has 2 unspecified atom stereocenters. The van der Waals surface area contributed by atoms with Gasteiger partial charge in [0.05, 0.1) is 5.60 Å². The van der Waals surface area contributed by atoms with Crippen LogP contribution in [0.3, 0.4) is 0 Å². The van der Waals surface area contributed by atoms with E-state index in [4.69, 9.17) is 5.73 Å². The van der Waals surface area contributed by atoms with Gasteiger partial charge in [0.15, 0.2) is 0 Å². The second-order valence-corrected chi connectivity index (χ2v) is 6.49. The van der Waals surface area contributed by atoms with Crippen molar-refractivity contribution in [2.24, 2.45) is 17.1 Å². The van der Waals surface area contributed by atoms with Gasteiger partial charge in [0.1, 0.15) is 0 Å². The predicted molar refractivity (Wildman–Crippen MR) is 73.3 cm³/mol. The van der Waals surface area contributed by atoms with Gasteiger partial charge >= 0.3 is 0 Å². The monoisotopic (exact) mass is 245 g/mol. The lowest BCUT2D eigenvalue weighted by molar-refractivity contribution is -0.0362. The molecule has 0 aliphatic heterocycles. The van der Waals surface area contributed by atoms with Crippen LogP contribution < -0.4 is 5.73 Å². The summed E-state index contributed by atoms with van der Waals surface area (Å²) in [7, 11) is 0. The molecule has 0 aromatic heterocycles. The van der Waals surface area contributed by atoms with Gasteiger partial charge in [-0.2, -0.15) is 0 Å². The molecule has 0 bridgehead atoms. The van der Waals surface area contributed by atoms with Crippen LogP contribution in [-0.4, -0.2) is 17.3 Å². The van der Waals surface area contributed by atoms with Crippen LogP contribution in [0.2, 0.25) is 0 Å². The van der Waals surface area contributed by atoms with Crippen LogP contribution in [0.15, 0.2) is 24.3 Å². The first-order valence-corrected chi connectivity index (χ1v) is 7.07. The number of fused-ring (bicyclic) bond motifs is 1. The van der Waals surface area contributed by atoms with Crippen molar-refractivity contribution in [3.63, 3.8) is 0 Å². The van der Waals surface area contributed by atoms with Crippen LogP contribution in [0.5, 0.6) is 0 Å². The lowest BCUT2D eigenvalue weighted by Gasteiger charge is -2.41. The maximum Gasteiger partial charge on any atom is 0.0653 e. The van der Waals surface area contributed by atoms with Crippen LogP contribution in [0.25, 0.3) is 0 Å². The van der Waals surface area contributed by atoms with Crippen LogP contribution >= 0.6 is 0 Å². The number of benzene rings is 1. The second kappa shape index (κ2) is 4.07. The maximum absolute atomic E-state index is 10.6. The van der Waals surface area contributed by atoms with Gasteiger partial charge in [0.2, 0.25) is 0 Å². The van der Waals surface area contributed by atoms with Crippen molar-refractivity contribution < 1.29 is 5.11 Å². The molecule has 2 atom stereocenters. The number of hydrogen-bond acceptors (Lipinski definition) is 2. The molecule has 0 saturated heterocycles. The number of rotatable bonds is 2. The third-order valence-electron chi connectivity index (χ3n) is 5.28. The molecule has 3 rings (SSSR count). The average Bonchev–Trinajstić information content (AvgIpc) is 2.89. The summed E-state index contributed by atoms with van der Waals surface area (Å²) in [5.41, 5.74) is 8.57. The second-order valence-electron chi connectivity index (χ2n) is 6.49. The summed E-state index contributed by atoms with van der Waals surface area (Å²) in [5.74, 6) is 0.349. The van der Waals surface area contributed by atoms with E-state index >= 15 is 0 Å². The molecule has 2 heteroatoms. The van der Waals surface area contributed by atoms with Crippen molar-refractivity contribution in [2.75, 3.05) is 6.54 Å². The van der Waals surface area contributed by atoms with Gasteiger partial charge in [0.25, 0.3) is 0 Å². The van der Waals surface area contributed by atoms with Gasteiger partial charge in [0, 0.05) is 0 Å². The Bertz CT molecular complexity index is 427. The number of hydrogen-bond donors (Lipinski definition) is 2. The standard InChI is InChI=1S/C16H23NO/c1-15(18)8-4-7-14(15)16(11-17)9-12-5-2-3-6-13(12)10-16/h2-3,5-6,14,18H,4,7-11,17H2,1H3.